The van der Waals surface area contributed by atoms with Crippen LogP contribution in [-0.2, 0) is 9.47 Å². The molecule has 0 spiro atoms. The molecule has 0 fully saturated rings. The number of ether oxygens (including phenoxy) is 3. The summed E-state index contributed by atoms with van der Waals surface area (Å²) < 4.78 is 29.0. The molecule has 0 unspecified atom stereocenters. The summed E-state index contributed by atoms with van der Waals surface area (Å²) >= 11 is 0. The lowest BCUT2D eigenvalue weighted by molar-refractivity contribution is 0.0644. The maximum absolute atomic E-state index is 13.2. The third-order valence-corrected chi connectivity index (χ3v) is 2.53. The molecular weight excluding hydrogens is 275 g/mol. The van der Waals surface area contributed by atoms with E-state index in [0.29, 0.717) is 50.6 Å². The standard InChI is InChI=1S/C16H21FO4/c1-19-11-12-20-9-4-10-21-16-13-15(17)7-6-14(16)5-2-3-8-18/h6-7,13,18H,3-4,8-12H2,1H3. The van der Waals surface area contributed by atoms with Crippen molar-refractivity contribution in [3.63, 3.8) is 0 Å². The van der Waals surface area contributed by atoms with Crippen molar-refractivity contribution in [3.8, 4) is 17.6 Å². The molecule has 0 radical (unpaired) electrons. The molecule has 5 heteroatoms. The van der Waals surface area contributed by atoms with E-state index in [9.17, 15) is 4.39 Å². The first-order chi connectivity index (χ1) is 10.3. The van der Waals surface area contributed by atoms with Crippen LogP contribution in [0.2, 0.25) is 0 Å². The van der Waals surface area contributed by atoms with Crippen molar-refractivity contribution < 1.29 is 23.7 Å². The fourth-order valence-electron chi connectivity index (χ4n) is 1.52. The van der Waals surface area contributed by atoms with Crippen LogP contribution in [0.4, 0.5) is 4.39 Å². The number of hydrogen-bond donors (Lipinski definition) is 1. The number of methoxy groups -OCH3 is 1. The van der Waals surface area contributed by atoms with Crippen molar-refractivity contribution in [1.82, 2.24) is 0 Å². The molecule has 0 aliphatic heterocycles. The summed E-state index contributed by atoms with van der Waals surface area (Å²) in [6.07, 6.45) is 1.08. The molecule has 0 atom stereocenters. The van der Waals surface area contributed by atoms with Gasteiger partial charge < -0.3 is 19.3 Å². The Labute approximate surface area is 124 Å². The molecule has 0 bridgehead atoms. The lowest BCUT2D eigenvalue weighted by Crippen LogP contribution is -2.07. The van der Waals surface area contributed by atoms with Crippen molar-refractivity contribution in [2.75, 3.05) is 40.1 Å². The Bertz CT molecular complexity index is 465. The number of rotatable bonds is 9. The highest BCUT2D eigenvalue weighted by molar-refractivity contribution is 5.46. The molecule has 21 heavy (non-hydrogen) atoms. The Morgan fingerprint density at radius 1 is 1.19 bits per heavy atom. The van der Waals surface area contributed by atoms with Gasteiger partial charge in [-0.15, -0.1) is 0 Å². The summed E-state index contributed by atoms with van der Waals surface area (Å²) in [5.41, 5.74) is 0.616. The SMILES string of the molecule is COCCOCCCOc1cc(F)ccc1C#CCCO. The maximum Gasteiger partial charge on any atom is 0.137 e. The zero-order valence-electron chi connectivity index (χ0n) is 12.2. The van der Waals surface area contributed by atoms with Crippen molar-refractivity contribution in [1.29, 1.82) is 0 Å². The van der Waals surface area contributed by atoms with E-state index in [1.54, 1.807) is 13.2 Å². The molecule has 0 saturated carbocycles. The van der Waals surface area contributed by atoms with Gasteiger partial charge in [0.2, 0.25) is 0 Å². The largest absolute Gasteiger partial charge is 0.492 e. The average molecular weight is 296 g/mol. The number of aliphatic hydroxyl groups excluding tert-OH is 1. The third-order valence-electron chi connectivity index (χ3n) is 2.53. The highest BCUT2D eigenvalue weighted by Gasteiger charge is 2.03. The van der Waals surface area contributed by atoms with E-state index >= 15 is 0 Å². The van der Waals surface area contributed by atoms with E-state index in [-0.39, 0.29) is 12.4 Å². The summed E-state index contributed by atoms with van der Waals surface area (Å²) in [4.78, 5) is 0. The summed E-state index contributed by atoms with van der Waals surface area (Å²) in [6, 6.07) is 4.22. The second-order valence-electron chi connectivity index (χ2n) is 4.22. The molecule has 0 heterocycles. The van der Waals surface area contributed by atoms with E-state index in [0.717, 1.165) is 0 Å². The van der Waals surface area contributed by atoms with Gasteiger partial charge in [0.05, 0.1) is 32.0 Å². The van der Waals surface area contributed by atoms with Gasteiger partial charge in [-0.05, 0) is 12.1 Å². The minimum Gasteiger partial charge on any atom is -0.492 e. The molecule has 1 rings (SSSR count). The Morgan fingerprint density at radius 3 is 2.81 bits per heavy atom. The van der Waals surface area contributed by atoms with E-state index in [1.165, 1.54) is 12.1 Å². The van der Waals surface area contributed by atoms with Gasteiger partial charge in [-0.1, -0.05) is 11.8 Å². The van der Waals surface area contributed by atoms with Gasteiger partial charge in [0, 0.05) is 32.6 Å². The van der Waals surface area contributed by atoms with Gasteiger partial charge in [0.1, 0.15) is 11.6 Å². The minimum absolute atomic E-state index is 0.00317. The molecule has 0 aliphatic carbocycles. The van der Waals surface area contributed by atoms with Gasteiger partial charge in [0.25, 0.3) is 0 Å². The number of hydrogen-bond acceptors (Lipinski definition) is 4. The van der Waals surface area contributed by atoms with Crippen LogP contribution < -0.4 is 4.74 Å². The van der Waals surface area contributed by atoms with Crippen LogP contribution in [0.15, 0.2) is 18.2 Å². The van der Waals surface area contributed by atoms with Crippen molar-refractivity contribution in [2.45, 2.75) is 12.8 Å². The fraction of sp³-hybridized carbons (Fsp3) is 0.500. The first-order valence-electron chi connectivity index (χ1n) is 6.86. The number of aliphatic hydroxyl groups is 1. The zero-order valence-corrected chi connectivity index (χ0v) is 12.2. The quantitative estimate of drug-likeness (QED) is 0.559. The molecule has 1 aromatic rings. The normalized spacial score (nSPS) is 10.0. The van der Waals surface area contributed by atoms with Crippen molar-refractivity contribution in [3.05, 3.63) is 29.6 Å². The summed E-state index contributed by atoms with van der Waals surface area (Å²) in [6.45, 7) is 2.10. The molecule has 4 nitrogen and oxygen atoms in total. The fourth-order valence-corrected chi connectivity index (χ4v) is 1.52. The van der Waals surface area contributed by atoms with Crippen LogP contribution in [-0.4, -0.2) is 45.3 Å². The lowest BCUT2D eigenvalue weighted by atomic mass is 10.2. The maximum atomic E-state index is 13.2. The zero-order chi connectivity index (χ0) is 15.3. The lowest BCUT2D eigenvalue weighted by Gasteiger charge is -2.09. The van der Waals surface area contributed by atoms with Gasteiger partial charge in [-0.3, -0.25) is 0 Å². The summed E-state index contributed by atoms with van der Waals surface area (Å²) in [5.74, 6) is 5.70. The topological polar surface area (TPSA) is 47.9 Å². The van der Waals surface area contributed by atoms with E-state index in [1.807, 2.05) is 0 Å². The van der Waals surface area contributed by atoms with E-state index in [4.69, 9.17) is 19.3 Å². The Balaban J connectivity index is 2.42. The first-order valence-corrected chi connectivity index (χ1v) is 6.86. The van der Waals surface area contributed by atoms with Gasteiger partial charge in [0.15, 0.2) is 0 Å². The minimum atomic E-state index is -0.367. The Morgan fingerprint density at radius 2 is 2.05 bits per heavy atom. The van der Waals surface area contributed by atoms with Crippen LogP contribution in [0.25, 0.3) is 0 Å². The smallest absolute Gasteiger partial charge is 0.137 e. The highest BCUT2D eigenvalue weighted by Crippen LogP contribution is 2.19. The molecule has 116 valence electrons. The second kappa shape index (κ2) is 11.1. The Hall–Kier alpha value is -1.61. The van der Waals surface area contributed by atoms with Crippen LogP contribution >= 0.6 is 0 Å². The Kier molecular flexibility index (Phi) is 9.21. The van der Waals surface area contributed by atoms with Gasteiger partial charge in [-0.2, -0.15) is 0 Å². The first kappa shape index (κ1) is 17.4. The van der Waals surface area contributed by atoms with Gasteiger partial charge >= 0.3 is 0 Å². The molecule has 1 N–H and O–H groups in total. The molecule has 0 saturated heterocycles. The van der Waals surface area contributed by atoms with Crippen LogP contribution in [0.1, 0.15) is 18.4 Å². The van der Waals surface area contributed by atoms with E-state index in [2.05, 4.69) is 11.8 Å². The average Bonchev–Trinajstić information content (AvgIpc) is 2.48. The monoisotopic (exact) mass is 296 g/mol. The van der Waals surface area contributed by atoms with Crippen LogP contribution in [0, 0.1) is 17.7 Å². The summed E-state index contributed by atoms with van der Waals surface area (Å²) in [5, 5.41) is 8.70. The van der Waals surface area contributed by atoms with E-state index < -0.39 is 0 Å². The second-order valence-corrected chi connectivity index (χ2v) is 4.22. The van der Waals surface area contributed by atoms with Crippen LogP contribution in [0.3, 0.4) is 0 Å². The molecule has 0 aromatic heterocycles. The van der Waals surface area contributed by atoms with Crippen LogP contribution in [0.5, 0.6) is 5.75 Å². The molecular formula is C16H21FO4. The number of halogens is 1. The molecule has 0 amide bonds. The summed E-state index contributed by atoms with van der Waals surface area (Å²) in [7, 11) is 1.62. The van der Waals surface area contributed by atoms with Crippen molar-refractivity contribution in [2.24, 2.45) is 0 Å². The molecule has 0 aliphatic rings. The van der Waals surface area contributed by atoms with Gasteiger partial charge in [-0.25, -0.2) is 4.39 Å². The highest BCUT2D eigenvalue weighted by atomic mass is 19.1. The predicted molar refractivity (Wildman–Crippen MR) is 77.8 cm³/mol. The van der Waals surface area contributed by atoms with Crippen molar-refractivity contribution >= 4 is 0 Å². The molecule has 1 aromatic carbocycles. The third kappa shape index (κ3) is 7.66. The number of benzene rings is 1. The predicted octanol–water partition coefficient (Wildman–Crippen LogP) is 1.99.